The van der Waals surface area contributed by atoms with Crippen LogP contribution in [0.3, 0.4) is 0 Å². The van der Waals surface area contributed by atoms with Crippen LogP contribution in [0.25, 0.3) is 4.96 Å². The predicted octanol–water partition coefficient (Wildman–Crippen LogP) is 2.27. The van der Waals surface area contributed by atoms with Gasteiger partial charge in [0, 0.05) is 5.56 Å². The number of nitrogens with zero attached hydrogens (tertiary/aromatic N) is 3. The Hall–Kier alpha value is -1.92. The van der Waals surface area contributed by atoms with Crippen LogP contribution >= 0.6 is 11.3 Å². The zero-order valence-electron chi connectivity index (χ0n) is 14.1. The summed E-state index contributed by atoms with van der Waals surface area (Å²) in [6.45, 7) is 6.25. The lowest BCUT2D eigenvalue weighted by atomic mass is 9.99. The number of hydrogen-bond donors (Lipinski definition) is 2. The number of thiazole rings is 1. The molecule has 1 aliphatic heterocycles. The van der Waals surface area contributed by atoms with Gasteiger partial charge in [-0.15, -0.1) is 5.10 Å². The first-order valence-electron chi connectivity index (χ1n) is 8.59. The van der Waals surface area contributed by atoms with E-state index in [4.69, 9.17) is 0 Å². The molecule has 3 heterocycles. The van der Waals surface area contributed by atoms with Crippen LogP contribution in [0.1, 0.15) is 47.1 Å². The molecule has 24 heavy (non-hydrogen) atoms. The zero-order chi connectivity index (χ0) is 16.7. The molecule has 2 N–H and O–H groups in total. The number of piperidine rings is 1. The van der Waals surface area contributed by atoms with Gasteiger partial charge in [-0.3, -0.25) is 0 Å². The summed E-state index contributed by atoms with van der Waals surface area (Å²) in [4.78, 5) is 7.71. The minimum Gasteiger partial charge on any atom is -0.492 e. The molecule has 1 saturated heterocycles. The topological polar surface area (TPSA) is 54.9 Å². The van der Waals surface area contributed by atoms with E-state index in [2.05, 4.69) is 41.3 Å². The van der Waals surface area contributed by atoms with E-state index in [0.717, 1.165) is 22.9 Å². The number of likely N-dealkylation sites (tertiary alicyclic amines) is 1. The van der Waals surface area contributed by atoms with E-state index in [1.54, 1.807) is 15.9 Å². The Kier molecular flexibility index (Phi) is 4.02. The highest BCUT2D eigenvalue weighted by atomic mass is 32.1. The van der Waals surface area contributed by atoms with Crippen molar-refractivity contribution in [3.63, 3.8) is 0 Å². The Morgan fingerprint density at radius 1 is 1.12 bits per heavy atom. The van der Waals surface area contributed by atoms with Crippen molar-refractivity contribution in [2.75, 3.05) is 13.1 Å². The van der Waals surface area contributed by atoms with Crippen molar-refractivity contribution in [2.45, 2.75) is 39.2 Å². The Balaban J connectivity index is 1.82. The molecule has 0 bridgehead atoms. The fourth-order valence-corrected chi connectivity index (χ4v) is 4.85. The number of quaternary nitrogens is 1. The maximum atomic E-state index is 10.8. The zero-order valence-corrected chi connectivity index (χ0v) is 14.9. The molecule has 0 spiro atoms. The van der Waals surface area contributed by atoms with Gasteiger partial charge in [-0.1, -0.05) is 41.2 Å². The van der Waals surface area contributed by atoms with Crippen LogP contribution in [0, 0.1) is 13.8 Å². The average Bonchev–Trinajstić information content (AvgIpc) is 3.09. The van der Waals surface area contributed by atoms with Crippen molar-refractivity contribution in [1.29, 1.82) is 0 Å². The van der Waals surface area contributed by atoms with Gasteiger partial charge in [0.25, 0.3) is 0 Å². The summed E-state index contributed by atoms with van der Waals surface area (Å²) in [7, 11) is 0. The molecule has 1 aromatic carbocycles. The molecule has 6 heteroatoms. The third-order valence-corrected chi connectivity index (χ3v) is 5.97. The van der Waals surface area contributed by atoms with Gasteiger partial charge in [0.15, 0.2) is 6.04 Å². The quantitative estimate of drug-likeness (QED) is 0.767. The minimum atomic E-state index is 0.153. The molecule has 0 amide bonds. The van der Waals surface area contributed by atoms with Crippen LogP contribution in [0.15, 0.2) is 24.3 Å². The number of aryl methyl sites for hydroxylation is 2. The molecule has 1 atom stereocenters. The molecule has 5 nitrogen and oxygen atoms in total. The lowest BCUT2D eigenvalue weighted by molar-refractivity contribution is -0.929. The van der Waals surface area contributed by atoms with Crippen LogP contribution in [-0.4, -0.2) is 32.8 Å². The van der Waals surface area contributed by atoms with E-state index in [9.17, 15) is 5.11 Å². The van der Waals surface area contributed by atoms with E-state index < -0.39 is 0 Å². The molecular weight excluding hydrogens is 320 g/mol. The normalized spacial score (nSPS) is 17.4. The largest absolute Gasteiger partial charge is 0.492 e. The molecule has 0 aliphatic carbocycles. The summed E-state index contributed by atoms with van der Waals surface area (Å²) in [5.74, 6) is 0.944. The number of fused-ring (bicyclic) bond motifs is 1. The summed E-state index contributed by atoms with van der Waals surface area (Å²) in [6, 6.07) is 8.86. The van der Waals surface area contributed by atoms with Crippen molar-refractivity contribution >= 4 is 16.3 Å². The first kappa shape index (κ1) is 15.6. The summed E-state index contributed by atoms with van der Waals surface area (Å²) in [5.41, 5.74) is 2.52. The van der Waals surface area contributed by atoms with E-state index in [-0.39, 0.29) is 11.9 Å². The molecule has 1 fully saturated rings. The number of aromatic hydroxyl groups is 1. The molecule has 1 aliphatic rings. The second-order valence-electron chi connectivity index (χ2n) is 6.71. The molecule has 0 unspecified atom stereocenters. The molecule has 0 saturated carbocycles. The molecule has 0 radical (unpaired) electrons. The van der Waals surface area contributed by atoms with Gasteiger partial charge < -0.3 is 10.0 Å². The van der Waals surface area contributed by atoms with Crippen molar-refractivity contribution in [2.24, 2.45) is 0 Å². The monoisotopic (exact) mass is 343 g/mol. The summed E-state index contributed by atoms with van der Waals surface area (Å²) in [6.07, 6.45) is 3.81. The summed E-state index contributed by atoms with van der Waals surface area (Å²) < 4.78 is 1.58. The third kappa shape index (κ3) is 2.70. The fraction of sp³-hybridized carbons (Fsp3) is 0.444. The first-order chi connectivity index (χ1) is 11.6. The van der Waals surface area contributed by atoms with Crippen molar-refractivity contribution in [3.8, 4) is 5.88 Å². The number of aromatic nitrogens is 3. The third-order valence-electron chi connectivity index (χ3n) is 4.88. The van der Waals surface area contributed by atoms with E-state index >= 15 is 0 Å². The van der Waals surface area contributed by atoms with E-state index in [1.165, 1.54) is 35.3 Å². The second kappa shape index (κ2) is 6.18. The van der Waals surface area contributed by atoms with Crippen molar-refractivity contribution in [1.82, 2.24) is 14.6 Å². The highest BCUT2D eigenvalue weighted by Gasteiger charge is 2.33. The molecule has 3 aromatic rings. The van der Waals surface area contributed by atoms with Crippen LogP contribution in [0.2, 0.25) is 0 Å². The van der Waals surface area contributed by atoms with Crippen molar-refractivity contribution < 1.29 is 10.0 Å². The maximum absolute atomic E-state index is 10.8. The van der Waals surface area contributed by atoms with Gasteiger partial charge >= 0.3 is 0 Å². The molecular formula is C18H23N4OS+. The van der Waals surface area contributed by atoms with Crippen LogP contribution in [0.4, 0.5) is 0 Å². The fourth-order valence-electron chi connectivity index (χ4n) is 3.66. The SMILES string of the molecule is Cc1ccc([C@H](c2sc3nc(C)nn3c2O)[NH+]2CCCCC2)cc1. The highest BCUT2D eigenvalue weighted by Crippen LogP contribution is 2.35. The van der Waals surface area contributed by atoms with Crippen molar-refractivity contribution in [3.05, 3.63) is 46.1 Å². The molecule has 2 aromatic heterocycles. The van der Waals surface area contributed by atoms with E-state index in [0.29, 0.717) is 5.82 Å². The predicted molar refractivity (Wildman–Crippen MR) is 94.8 cm³/mol. The Labute approximate surface area is 145 Å². The Morgan fingerprint density at radius 2 is 1.83 bits per heavy atom. The summed E-state index contributed by atoms with van der Waals surface area (Å²) >= 11 is 1.56. The van der Waals surface area contributed by atoms with Crippen LogP contribution < -0.4 is 4.90 Å². The standard InChI is InChI=1S/C18H22N4OS/c1-12-6-8-14(9-7-12)15(21-10-4-3-5-11-21)16-17(23)22-18(24-16)19-13(2)20-22/h6-9,15,23H,3-5,10-11H2,1-2H3/p+1/t15-/m1/s1. The number of hydrogen-bond acceptors (Lipinski definition) is 4. The first-order valence-corrected chi connectivity index (χ1v) is 9.41. The Bertz CT molecular complexity index is 846. The van der Waals surface area contributed by atoms with Gasteiger partial charge in [0.05, 0.1) is 13.1 Å². The van der Waals surface area contributed by atoms with Gasteiger partial charge in [-0.2, -0.15) is 4.52 Å². The van der Waals surface area contributed by atoms with Gasteiger partial charge in [0.1, 0.15) is 10.7 Å². The second-order valence-corrected chi connectivity index (χ2v) is 7.72. The lowest BCUT2D eigenvalue weighted by Crippen LogP contribution is -3.13. The van der Waals surface area contributed by atoms with E-state index in [1.807, 2.05) is 6.92 Å². The number of benzene rings is 1. The minimum absolute atomic E-state index is 0.153. The van der Waals surface area contributed by atoms with Gasteiger partial charge in [0.2, 0.25) is 10.8 Å². The number of rotatable bonds is 3. The van der Waals surface area contributed by atoms with Crippen LogP contribution in [0.5, 0.6) is 5.88 Å². The Morgan fingerprint density at radius 3 is 2.50 bits per heavy atom. The van der Waals surface area contributed by atoms with Gasteiger partial charge in [-0.25, -0.2) is 4.98 Å². The maximum Gasteiger partial charge on any atom is 0.235 e. The summed E-state index contributed by atoms with van der Waals surface area (Å²) in [5, 5.41) is 15.1. The molecule has 4 rings (SSSR count). The van der Waals surface area contributed by atoms with Crippen LogP contribution in [-0.2, 0) is 0 Å². The molecule has 126 valence electrons. The smallest absolute Gasteiger partial charge is 0.235 e. The van der Waals surface area contributed by atoms with Gasteiger partial charge in [-0.05, 0) is 33.1 Å². The highest BCUT2D eigenvalue weighted by molar-refractivity contribution is 7.17. The average molecular weight is 343 g/mol. The number of nitrogens with one attached hydrogen (secondary N) is 1. The lowest BCUT2D eigenvalue weighted by Gasteiger charge is -2.31.